The van der Waals surface area contributed by atoms with Crippen LogP contribution in [0.25, 0.3) is 0 Å². The molecule has 1 aliphatic heterocycles. The summed E-state index contributed by atoms with van der Waals surface area (Å²) in [6.45, 7) is 0.397. The van der Waals surface area contributed by atoms with Crippen LogP contribution in [0, 0.1) is 0 Å². The molecule has 0 unspecified atom stereocenters. The third-order valence-corrected chi connectivity index (χ3v) is 6.95. The predicted octanol–water partition coefficient (Wildman–Crippen LogP) is 1.90. The molecular weight excluding hydrogens is 434 g/mol. The predicted molar refractivity (Wildman–Crippen MR) is 105 cm³/mol. The van der Waals surface area contributed by atoms with Crippen LogP contribution in [-0.2, 0) is 27.9 Å². The molecule has 6 nitrogen and oxygen atoms in total. The molecule has 0 saturated carbocycles. The summed E-state index contributed by atoms with van der Waals surface area (Å²) in [5, 5.41) is 20.4. The van der Waals surface area contributed by atoms with Crippen molar-refractivity contribution >= 4 is 26.0 Å². The number of nitrogens with zero attached hydrogens (tertiary/aromatic N) is 1. The summed E-state index contributed by atoms with van der Waals surface area (Å²) < 4.78 is 33.1. The Morgan fingerprint density at radius 3 is 2.37 bits per heavy atom. The van der Waals surface area contributed by atoms with Crippen molar-refractivity contribution in [3.63, 3.8) is 0 Å². The minimum atomic E-state index is -3.73. The van der Waals surface area contributed by atoms with E-state index >= 15 is 0 Å². The maximum Gasteiger partial charge on any atom is 0.217 e. The van der Waals surface area contributed by atoms with Crippen LogP contribution < -0.4 is 0 Å². The van der Waals surface area contributed by atoms with Crippen LogP contribution in [0.5, 0.6) is 0 Å². The van der Waals surface area contributed by atoms with Gasteiger partial charge in [-0.25, -0.2) is 8.42 Å². The second kappa shape index (κ2) is 8.81. The lowest BCUT2D eigenvalue weighted by Crippen LogP contribution is -2.60. The normalized spacial score (nSPS) is 25.4. The van der Waals surface area contributed by atoms with Crippen molar-refractivity contribution in [2.24, 2.45) is 0 Å². The van der Waals surface area contributed by atoms with Crippen molar-refractivity contribution in [1.29, 1.82) is 0 Å². The van der Waals surface area contributed by atoms with Gasteiger partial charge in [-0.3, -0.25) is 0 Å². The fourth-order valence-electron chi connectivity index (χ4n) is 3.08. The first kappa shape index (κ1) is 20.4. The van der Waals surface area contributed by atoms with E-state index in [1.165, 1.54) is 4.31 Å². The van der Waals surface area contributed by atoms with E-state index in [-0.39, 0.29) is 13.2 Å². The van der Waals surface area contributed by atoms with Crippen LogP contribution in [0.15, 0.2) is 59.1 Å². The Balaban J connectivity index is 1.76. The Morgan fingerprint density at radius 1 is 1.04 bits per heavy atom. The van der Waals surface area contributed by atoms with E-state index in [4.69, 9.17) is 4.74 Å². The molecule has 0 aromatic heterocycles. The van der Waals surface area contributed by atoms with Gasteiger partial charge < -0.3 is 14.9 Å². The minimum absolute atomic E-state index is 0.0110. The lowest BCUT2D eigenvalue weighted by Gasteiger charge is -2.40. The molecular formula is C19H22BrNO5S. The number of rotatable bonds is 6. The van der Waals surface area contributed by atoms with Crippen LogP contribution in [0.3, 0.4) is 0 Å². The third kappa shape index (κ3) is 5.16. The summed E-state index contributed by atoms with van der Waals surface area (Å²) in [4.78, 5) is 0. The molecule has 146 valence electrons. The third-order valence-electron chi connectivity index (χ3n) is 4.55. The molecule has 1 heterocycles. The summed E-state index contributed by atoms with van der Waals surface area (Å²) in [7, 11) is -3.73. The van der Waals surface area contributed by atoms with E-state index in [1.54, 1.807) is 0 Å². The second-order valence-electron chi connectivity index (χ2n) is 6.58. The van der Waals surface area contributed by atoms with Crippen molar-refractivity contribution in [3.8, 4) is 0 Å². The fraction of sp³-hybridized carbons (Fsp3) is 0.368. The van der Waals surface area contributed by atoms with Crippen molar-refractivity contribution in [3.05, 3.63) is 70.2 Å². The zero-order chi connectivity index (χ0) is 19.4. The lowest BCUT2D eigenvalue weighted by atomic mass is 10.1. The van der Waals surface area contributed by atoms with Gasteiger partial charge in [0.05, 0.1) is 37.2 Å². The Hall–Kier alpha value is -1.29. The van der Waals surface area contributed by atoms with Crippen LogP contribution in [0.2, 0.25) is 0 Å². The first-order valence-corrected chi connectivity index (χ1v) is 11.0. The van der Waals surface area contributed by atoms with Crippen molar-refractivity contribution in [1.82, 2.24) is 4.31 Å². The molecule has 0 radical (unpaired) electrons. The van der Waals surface area contributed by atoms with Gasteiger partial charge in [0, 0.05) is 11.0 Å². The average molecular weight is 456 g/mol. The lowest BCUT2D eigenvalue weighted by molar-refractivity contribution is -0.0530. The van der Waals surface area contributed by atoms with Crippen molar-refractivity contribution in [2.75, 3.05) is 12.4 Å². The fourth-order valence-corrected chi connectivity index (χ4v) is 5.11. The van der Waals surface area contributed by atoms with E-state index in [0.29, 0.717) is 6.61 Å². The maximum atomic E-state index is 12.6. The molecule has 0 amide bonds. The van der Waals surface area contributed by atoms with E-state index in [1.807, 2.05) is 54.6 Å². The van der Waals surface area contributed by atoms with Crippen LogP contribution in [0.1, 0.15) is 11.1 Å². The van der Waals surface area contributed by atoms with Gasteiger partial charge >= 0.3 is 0 Å². The van der Waals surface area contributed by atoms with Gasteiger partial charge in [0.15, 0.2) is 0 Å². The Morgan fingerprint density at radius 2 is 1.70 bits per heavy atom. The minimum Gasteiger partial charge on any atom is -0.389 e. The van der Waals surface area contributed by atoms with Crippen molar-refractivity contribution < 1.29 is 23.4 Å². The quantitative estimate of drug-likeness (QED) is 0.694. The van der Waals surface area contributed by atoms with E-state index in [2.05, 4.69) is 15.9 Å². The number of hydrogen-bond donors (Lipinski definition) is 2. The van der Waals surface area contributed by atoms with Gasteiger partial charge in [-0.1, -0.05) is 58.4 Å². The summed E-state index contributed by atoms with van der Waals surface area (Å²) >= 11 is 3.35. The summed E-state index contributed by atoms with van der Waals surface area (Å²) in [6.07, 6.45) is -2.54. The SMILES string of the molecule is O=S1(=O)C[C@@H](O)[C@@H](O)[C@H](COCc2ccccc2)N1Cc1ccc(Br)cc1. The van der Waals surface area contributed by atoms with E-state index in [0.717, 1.165) is 15.6 Å². The first-order valence-electron chi connectivity index (χ1n) is 8.58. The molecule has 8 heteroatoms. The van der Waals surface area contributed by atoms with Gasteiger partial charge in [-0.2, -0.15) is 4.31 Å². The number of aliphatic hydroxyl groups excluding tert-OH is 2. The van der Waals surface area contributed by atoms with Gasteiger partial charge in [0.25, 0.3) is 0 Å². The Kier molecular flexibility index (Phi) is 6.67. The molecule has 0 bridgehead atoms. The van der Waals surface area contributed by atoms with Crippen molar-refractivity contribution in [2.45, 2.75) is 31.4 Å². The number of aliphatic hydroxyl groups is 2. The smallest absolute Gasteiger partial charge is 0.217 e. The zero-order valence-corrected chi connectivity index (χ0v) is 17.0. The highest BCUT2D eigenvalue weighted by molar-refractivity contribution is 9.10. The highest BCUT2D eigenvalue weighted by atomic mass is 79.9. The van der Waals surface area contributed by atoms with Gasteiger partial charge in [0.1, 0.15) is 0 Å². The van der Waals surface area contributed by atoms with Gasteiger partial charge in [-0.05, 0) is 23.3 Å². The zero-order valence-electron chi connectivity index (χ0n) is 14.6. The summed E-state index contributed by atoms with van der Waals surface area (Å²) in [6, 6.07) is 15.9. The average Bonchev–Trinajstić information content (AvgIpc) is 2.64. The molecule has 0 aliphatic carbocycles. The van der Waals surface area contributed by atoms with Gasteiger partial charge in [-0.15, -0.1) is 0 Å². The highest BCUT2D eigenvalue weighted by Crippen LogP contribution is 2.25. The second-order valence-corrected chi connectivity index (χ2v) is 9.46. The Bertz CT molecular complexity index is 844. The standard InChI is InChI=1S/C19H22BrNO5S/c20-16-8-6-14(7-9-16)10-21-17(19(23)18(22)13-27(21,24)25)12-26-11-15-4-2-1-3-5-15/h1-9,17-19,22-23H,10-13H2/t17-,18+,19-/m0/s1. The van der Waals surface area contributed by atoms with Crippen LogP contribution >= 0.6 is 15.9 Å². The molecule has 2 N–H and O–H groups in total. The summed E-state index contributed by atoms with van der Waals surface area (Å²) in [5.41, 5.74) is 1.74. The van der Waals surface area contributed by atoms with E-state index in [9.17, 15) is 18.6 Å². The number of sulfonamides is 1. The molecule has 2 aromatic rings. The molecule has 1 fully saturated rings. The topological polar surface area (TPSA) is 87.1 Å². The molecule has 3 rings (SSSR count). The molecule has 1 saturated heterocycles. The Labute approximate surface area is 167 Å². The van der Waals surface area contributed by atoms with Crippen LogP contribution in [-0.4, -0.2) is 53.5 Å². The molecule has 0 spiro atoms. The molecule has 3 atom stereocenters. The molecule has 2 aromatic carbocycles. The number of benzene rings is 2. The first-order chi connectivity index (χ1) is 12.9. The van der Waals surface area contributed by atoms with E-state index < -0.39 is 34.0 Å². The number of ether oxygens (including phenoxy) is 1. The highest BCUT2D eigenvalue weighted by Gasteiger charge is 2.45. The molecule has 1 aliphatic rings. The maximum absolute atomic E-state index is 12.6. The largest absolute Gasteiger partial charge is 0.389 e. The number of hydrogen-bond acceptors (Lipinski definition) is 5. The number of halogens is 1. The summed E-state index contributed by atoms with van der Waals surface area (Å²) in [5.74, 6) is -0.500. The van der Waals surface area contributed by atoms with Gasteiger partial charge in [0.2, 0.25) is 10.0 Å². The molecule has 27 heavy (non-hydrogen) atoms. The monoisotopic (exact) mass is 455 g/mol. The van der Waals surface area contributed by atoms with Crippen LogP contribution in [0.4, 0.5) is 0 Å².